The van der Waals surface area contributed by atoms with Gasteiger partial charge in [-0.05, 0) is 12.8 Å². The second-order valence-corrected chi connectivity index (χ2v) is 3.38. The number of rotatable bonds is 6. The fraction of sp³-hybridized carbons (Fsp3) is 0.556. The summed E-state index contributed by atoms with van der Waals surface area (Å²) in [5.41, 5.74) is 15.6. The zero-order valence-corrected chi connectivity index (χ0v) is 9.92. The van der Waals surface area contributed by atoms with Crippen LogP contribution in [0.5, 0.6) is 0 Å². The maximum absolute atomic E-state index is 11.2. The molecule has 0 fully saturated rings. The summed E-state index contributed by atoms with van der Waals surface area (Å²) >= 11 is 0. The third kappa shape index (κ3) is 7.17. The number of Topliss-reactive ketones (excluding diaryl/α,β-unsaturated/α-hetero) is 1. The fourth-order valence-corrected chi connectivity index (χ4v) is 0.837. The quantitative estimate of drug-likeness (QED) is 0.123. The van der Waals surface area contributed by atoms with E-state index in [1.807, 2.05) is 0 Å². The van der Waals surface area contributed by atoms with Gasteiger partial charge in [-0.25, -0.2) is 19.4 Å². The van der Waals surface area contributed by atoms with Crippen LogP contribution in [0.4, 0.5) is 0 Å². The van der Waals surface area contributed by atoms with Crippen molar-refractivity contribution in [2.45, 2.75) is 25.8 Å². The number of nitrogens with two attached hydrogens (primary N) is 3. The number of guanidine groups is 1. The number of aliphatic imine (C=N–C) groups is 1. The van der Waals surface area contributed by atoms with E-state index in [4.69, 9.17) is 17.2 Å². The molecule has 9 nitrogen and oxygen atoms in total. The highest BCUT2D eigenvalue weighted by atomic mass is 17.2. The molecule has 1 unspecified atom stereocenters. The van der Waals surface area contributed by atoms with Crippen molar-refractivity contribution in [1.29, 1.82) is 0 Å². The van der Waals surface area contributed by atoms with E-state index in [-0.39, 0.29) is 12.4 Å². The minimum atomic E-state index is -1.27. The molecule has 0 bridgehead atoms. The molecule has 0 aliphatic rings. The lowest BCUT2D eigenvalue weighted by molar-refractivity contribution is -0.257. The Labute approximate surface area is 103 Å². The van der Waals surface area contributed by atoms with Gasteiger partial charge in [0.2, 0.25) is 5.78 Å². The van der Waals surface area contributed by atoms with Crippen LogP contribution in [0.3, 0.4) is 0 Å². The van der Waals surface area contributed by atoms with E-state index >= 15 is 0 Å². The van der Waals surface area contributed by atoms with Crippen LogP contribution in [0.25, 0.3) is 0 Å². The Morgan fingerprint density at radius 1 is 1.22 bits per heavy atom. The van der Waals surface area contributed by atoms with Crippen molar-refractivity contribution in [2.24, 2.45) is 22.2 Å². The summed E-state index contributed by atoms with van der Waals surface area (Å²) in [5.74, 6) is -3.16. The van der Waals surface area contributed by atoms with Gasteiger partial charge in [0.05, 0.1) is 0 Å². The van der Waals surface area contributed by atoms with Gasteiger partial charge in [0.1, 0.15) is 6.04 Å². The van der Waals surface area contributed by atoms with Crippen molar-refractivity contribution >= 4 is 23.7 Å². The van der Waals surface area contributed by atoms with Crippen molar-refractivity contribution in [3.8, 4) is 0 Å². The molecule has 0 aromatic rings. The van der Waals surface area contributed by atoms with Crippen molar-refractivity contribution in [3.05, 3.63) is 0 Å². The molecule has 0 aromatic carbocycles. The minimum Gasteiger partial charge on any atom is -0.370 e. The lowest BCUT2D eigenvalue weighted by Gasteiger charge is -2.08. The molecular weight excluding hydrogens is 244 g/mol. The van der Waals surface area contributed by atoms with Gasteiger partial charge in [-0.1, -0.05) is 0 Å². The number of hydrogen-bond acceptors (Lipinski definition) is 7. The van der Waals surface area contributed by atoms with E-state index in [9.17, 15) is 14.4 Å². The lowest BCUT2D eigenvalue weighted by atomic mass is 10.2. The summed E-state index contributed by atoms with van der Waals surface area (Å²) in [7, 11) is 0. The van der Waals surface area contributed by atoms with Crippen LogP contribution in [0.1, 0.15) is 19.8 Å². The zero-order valence-electron chi connectivity index (χ0n) is 9.92. The first kappa shape index (κ1) is 15.8. The molecule has 9 heteroatoms. The summed E-state index contributed by atoms with van der Waals surface area (Å²) in [5, 5.41) is 0. The first-order chi connectivity index (χ1) is 8.34. The van der Waals surface area contributed by atoms with Crippen LogP contribution in [-0.4, -0.2) is 36.3 Å². The maximum Gasteiger partial charge on any atom is 0.421 e. The highest BCUT2D eigenvalue weighted by molar-refractivity contribution is 6.32. The predicted molar refractivity (Wildman–Crippen MR) is 60.8 cm³/mol. The molecule has 0 saturated carbocycles. The van der Waals surface area contributed by atoms with E-state index in [2.05, 4.69) is 14.8 Å². The van der Waals surface area contributed by atoms with Crippen LogP contribution in [0.2, 0.25) is 0 Å². The first-order valence-corrected chi connectivity index (χ1v) is 5.08. The van der Waals surface area contributed by atoms with Gasteiger partial charge in [-0.3, -0.25) is 9.79 Å². The van der Waals surface area contributed by atoms with Crippen molar-refractivity contribution in [3.63, 3.8) is 0 Å². The molecule has 0 aliphatic heterocycles. The van der Waals surface area contributed by atoms with Gasteiger partial charge < -0.3 is 17.2 Å². The highest BCUT2D eigenvalue weighted by Crippen LogP contribution is 1.98. The van der Waals surface area contributed by atoms with E-state index in [0.717, 1.165) is 6.92 Å². The van der Waals surface area contributed by atoms with Gasteiger partial charge in [-0.2, -0.15) is 0 Å². The summed E-state index contributed by atoms with van der Waals surface area (Å²) in [4.78, 5) is 44.0. The van der Waals surface area contributed by atoms with Crippen LogP contribution in [0, 0.1) is 0 Å². The molecule has 0 aliphatic carbocycles. The largest absolute Gasteiger partial charge is 0.421 e. The summed E-state index contributed by atoms with van der Waals surface area (Å²) < 4.78 is 0. The molecule has 6 N–H and O–H groups in total. The van der Waals surface area contributed by atoms with Crippen LogP contribution < -0.4 is 17.2 Å². The average molecular weight is 260 g/mol. The predicted octanol–water partition coefficient (Wildman–Crippen LogP) is -2.04. The molecule has 0 heterocycles. The summed E-state index contributed by atoms with van der Waals surface area (Å²) in [6.45, 7) is 1.29. The van der Waals surface area contributed by atoms with Crippen LogP contribution in [-0.2, 0) is 24.2 Å². The topological polar surface area (TPSA) is 160 Å². The van der Waals surface area contributed by atoms with Gasteiger partial charge in [0.25, 0.3) is 0 Å². The molecule has 18 heavy (non-hydrogen) atoms. The Morgan fingerprint density at radius 3 is 2.33 bits per heavy atom. The minimum absolute atomic E-state index is 0.0541. The normalized spacial score (nSPS) is 11.2. The van der Waals surface area contributed by atoms with Crippen molar-refractivity contribution in [2.75, 3.05) is 6.54 Å². The second kappa shape index (κ2) is 8.01. The van der Waals surface area contributed by atoms with E-state index < -0.39 is 23.8 Å². The second-order valence-electron chi connectivity index (χ2n) is 3.38. The van der Waals surface area contributed by atoms with Gasteiger partial charge in [0.15, 0.2) is 5.96 Å². The lowest BCUT2D eigenvalue weighted by Crippen LogP contribution is -2.33. The molecule has 0 saturated heterocycles. The summed E-state index contributed by atoms with van der Waals surface area (Å²) in [6.07, 6.45) is 0.696. The van der Waals surface area contributed by atoms with Crippen molar-refractivity contribution < 1.29 is 24.2 Å². The SMILES string of the molecule is CC(=O)C(=O)OOC(=O)C(N)CCCN=C(N)N. The number of nitrogens with zero attached hydrogens (tertiary/aromatic N) is 1. The Kier molecular flexibility index (Phi) is 7.05. The van der Waals surface area contributed by atoms with Gasteiger partial charge >= 0.3 is 11.9 Å². The Balaban J connectivity index is 3.86. The Bertz CT molecular complexity index is 351. The molecule has 0 rings (SSSR count). The number of carbonyl (C=O) groups excluding carboxylic acids is 3. The van der Waals surface area contributed by atoms with E-state index in [1.54, 1.807) is 0 Å². The first-order valence-electron chi connectivity index (χ1n) is 5.08. The van der Waals surface area contributed by atoms with Gasteiger partial charge in [-0.15, -0.1) is 0 Å². The van der Waals surface area contributed by atoms with Gasteiger partial charge in [0, 0.05) is 13.5 Å². The molecule has 102 valence electrons. The highest BCUT2D eigenvalue weighted by Gasteiger charge is 2.19. The molecule has 0 amide bonds. The molecule has 0 radical (unpaired) electrons. The molecule has 0 spiro atoms. The maximum atomic E-state index is 11.2. The number of hydrogen-bond donors (Lipinski definition) is 3. The monoisotopic (exact) mass is 260 g/mol. The van der Waals surface area contributed by atoms with E-state index in [0.29, 0.717) is 13.0 Å². The average Bonchev–Trinajstić information content (AvgIpc) is 2.30. The van der Waals surface area contributed by atoms with E-state index in [1.165, 1.54) is 0 Å². The molecular formula is C9H16N4O5. The third-order valence-electron chi connectivity index (χ3n) is 1.76. The summed E-state index contributed by atoms with van der Waals surface area (Å²) in [6, 6.07) is -0.987. The third-order valence-corrected chi connectivity index (χ3v) is 1.76. The zero-order chi connectivity index (χ0) is 14.1. The smallest absolute Gasteiger partial charge is 0.370 e. The number of carbonyl (C=O) groups is 3. The van der Waals surface area contributed by atoms with Crippen LogP contribution >= 0.6 is 0 Å². The number of ketones is 1. The van der Waals surface area contributed by atoms with Crippen LogP contribution in [0.15, 0.2) is 4.99 Å². The van der Waals surface area contributed by atoms with Crippen molar-refractivity contribution in [1.82, 2.24) is 0 Å². The Morgan fingerprint density at radius 2 is 1.83 bits per heavy atom. The standard InChI is InChI=1S/C9H16N4O5/c1-5(14)7(15)17-18-8(16)6(10)3-2-4-13-9(11)12/h6H,2-4,10H2,1H3,(H4,11,12,13). The fourth-order valence-electron chi connectivity index (χ4n) is 0.837. The Hall–Kier alpha value is -2.16. The molecule has 0 aromatic heterocycles. The molecule has 1 atom stereocenters.